The summed E-state index contributed by atoms with van der Waals surface area (Å²) >= 11 is 0. The van der Waals surface area contributed by atoms with Gasteiger partial charge in [0.25, 0.3) is 0 Å². The molecule has 0 bridgehead atoms. The summed E-state index contributed by atoms with van der Waals surface area (Å²) in [6, 6.07) is 12.0. The average molecular weight is 272 g/mol. The molecule has 0 spiro atoms. The minimum atomic E-state index is 0.183. The summed E-state index contributed by atoms with van der Waals surface area (Å²) in [6.45, 7) is 2.81. The van der Waals surface area contributed by atoms with Crippen molar-refractivity contribution >= 4 is 0 Å². The minimum absolute atomic E-state index is 0.183. The molecule has 1 aromatic heterocycles. The van der Waals surface area contributed by atoms with Crippen LogP contribution in [0.1, 0.15) is 24.2 Å². The highest BCUT2D eigenvalue weighted by atomic mass is 16.5. The predicted molar refractivity (Wildman–Crippen MR) is 79.0 cm³/mol. The second kappa shape index (κ2) is 6.91. The van der Waals surface area contributed by atoms with Gasteiger partial charge in [0.1, 0.15) is 11.5 Å². The monoisotopic (exact) mass is 272 g/mol. The van der Waals surface area contributed by atoms with Gasteiger partial charge in [-0.2, -0.15) is 0 Å². The Labute approximate surface area is 119 Å². The van der Waals surface area contributed by atoms with Crippen LogP contribution in [0.2, 0.25) is 0 Å². The highest BCUT2D eigenvalue weighted by Gasteiger charge is 2.09. The number of hydrogen-bond donors (Lipinski definition) is 1. The molecule has 0 saturated carbocycles. The Balaban J connectivity index is 2.03. The van der Waals surface area contributed by atoms with Gasteiger partial charge in [0, 0.05) is 30.4 Å². The van der Waals surface area contributed by atoms with E-state index >= 15 is 0 Å². The molecule has 1 N–H and O–H groups in total. The molecule has 0 unspecified atom stereocenters. The Kier molecular flexibility index (Phi) is 4.96. The van der Waals surface area contributed by atoms with Gasteiger partial charge in [-0.05, 0) is 25.1 Å². The van der Waals surface area contributed by atoms with Crippen LogP contribution in [0, 0.1) is 0 Å². The van der Waals surface area contributed by atoms with Crippen LogP contribution in [0.4, 0.5) is 0 Å². The van der Waals surface area contributed by atoms with Crippen molar-refractivity contribution in [2.75, 3.05) is 14.2 Å². The van der Waals surface area contributed by atoms with Crippen molar-refractivity contribution in [2.24, 2.45) is 0 Å². The zero-order chi connectivity index (χ0) is 14.4. The third-order valence-electron chi connectivity index (χ3n) is 3.22. The Morgan fingerprint density at radius 1 is 1.15 bits per heavy atom. The van der Waals surface area contributed by atoms with Gasteiger partial charge in [-0.3, -0.25) is 4.98 Å². The van der Waals surface area contributed by atoms with Crippen molar-refractivity contribution in [1.29, 1.82) is 0 Å². The van der Waals surface area contributed by atoms with Crippen molar-refractivity contribution in [3.05, 3.63) is 53.9 Å². The third-order valence-corrected chi connectivity index (χ3v) is 3.22. The van der Waals surface area contributed by atoms with E-state index in [1.807, 2.05) is 42.6 Å². The molecule has 2 rings (SSSR count). The van der Waals surface area contributed by atoms with Crippen LogP contribution < -0.4 is 14.8 Å². The van der Waals surface area contributed by atoms with Gasteiger partial charge >= 0.3 is 0 Å². The van der Waals surface area contributed by atoms with Crippen LogP contribution in [-0.4, -0.2) is 19.2 Å². The fourth-order valence-corrected chi connectivity index (χ4v) is 2.00. The van der Waals surface area contributed by atoms with Gasteiger partial charge in [0.15, 0.2) is 0 Å². The first-order chi connectivity index (χ1) is 9.74. The first kappa shape index (κ1) is 14.3. The zero-order valence-corrected chi connectivity index (χ0v) is 12.1. The number of nitrogens with zero attached hydrogens (tertiary/aromatic N) is 1. The fraction of sp³-hybridized carbons (Fsp3) is 0.312. The van der Waals surface area contributed by atoms with Gasteiger partial charge in [0.2, 0.25) is 0 Å². The lowest BCUT2D eigenvalue weighted by molar-refractivity contribution is 0.388. The molecule has 20 heavy (non-hydrogen) atoms. The standard InChI is InChI=1S/C16H20N2O2/c1-12(15-6-4-5-9-17-15)18-11-13-7-8-14(19-2)10-16(13)20-3/h4-10,12,18H,11H2,1-3H3/t12-/m1/s1. The van der Waals surface area contributed by atoms with E-state index in [0.29, 0.717) is 6.54 Å². The Morgan fingerprint density at radius 2 is 2.00 bits per heavy atom. The Morgan fingerprint density at radius 3 is 2.65 bits per heavy atom. The van der Waals surface area contributed by atoms with Crippen molar-refractivity contribution in [1.82, 2.24) is 10.3 Å². The number of pyridine rings is 1. The lowest BCUT2D eigenvalue weighted by Crippen LogP contribution is -2.19. The SMILES string of the molecule is COc1ccc(CN[C@H](C)c2ccccn2)c(OC)c1. The predicted octanol–water partition coefficient (Wildman–Crippen LogP) is 2.95. The van der Waals surface area contributed by atoms with E-state index in [1.165, 1.54) is 0 Å². The zero-order valence-electron chi connectivity index (χ0n) is 12.1. The molecular formula is C16H20N2O2. The van der Waals surface area contributed by atoms with E-state index in [9.17, 15) is 0 Å². The molecule has 0 radical (unpaired) electrons. The first-order valence-electron chi connectivity index (χ1n) is 6.60. The van der Waals surface area contributed by atoms with Crippen molar-refractivity contribution in [2.45, 2.75) is 19.5 Å². The molecule has 0 saturated heterocycles. The molecule has 0 amide bonds. The molecule has 2 aromatic rings. The molecule has 4 heteroatoms. The lowest BCUT2D eigenvalue weighted by Gasteiger charge is -2.15. The molecule has 1 heterocycles. The highest BCUT2D eigenvalue weighted by molar-refractivity contribution is 5.40. The maximum Gasteiger partial charge on any atom is 0.127 e. The molecule has 0 aliphatic heterocycles. The van der Waals surface area contributed by atoms with Crippen LogP contribution in [0.3, 0.4) is 0 Å². The number of hydrogen-bond acceptors (Lipinski definition) is 4. The normalized spacial score (nSPS) is 11.9. The van der Waals surface area contributed by atoms with E-state index in [-0.39, 0.29) is 6.04 Å². The van der Waals surface area contributed by atoms with E-state index < -0.39 is 0 Å². The van der Waals surface area contributed by atoms with E-state index in [2.05, 4.69) is 17.2 Å². The third kappa shape index (κ3) is 3.48. The lowest BCUT2D eigenvalue weighted by atomic mass is 10.1. The molecule has 0 aliphatic rings. The summed E-state index contributed by atoms with van der Waals surface area (Å²) in [7, 11) is 3.32. The van der Waals surface area contributed by atoms with Gasteiger partial charge in [-0.25, -0.2) is 0 Å². The molecule has 0 fully saturated rings. The van der Waals surface area contributed by atoms with Crippen LogP contribution in [0.25, 0.3) is 0 Å². The number of rotatable bonds is 6. The van der Waals surface area contributed by atoms with Crippen LogP contribution in [0.15, 0.2) is 42.6 Å². The van der Waals surface area contributed by atoms with Crippen LogP contribution >= 0.6 is 0 Å². The summed E-state index contributed by atoms with van der Waals surface area (Å²) in [4.78, 5) is 4.35. The van der Waals surface area contributed by atoms with E-state index in [0.717, 1.165) is 22.8 Å². The van der Waals surface area contributed by atoms with Crippen molar-refractivity contribution in [3.8, 4) is 11.5 Å². The van der Waals surface area contributed by atoms with Crippen molar-refractivity contribution < 1.29 is 9.47 Å². The molecular weight excluding hydrogens is 252 g/mol. The first-order valence-corrected chi connectivity index (χ1v) is 6.60. The number of ether oxygens (including phenoxy) is 2. The summed E-state index contributed by atoms with van der Waals surface area (Å²) in [5.41, 5.74) is 2.12. The molecule has 1 aromatic carbocycles. The minimum Gasteiger partial charge on any atom is -0.497 e. The van der Waals surface area contributed by atoms with Crippen LogP contribution in [0.5, 0.6) is 11.5 Å². The molecule has 4 nitrogen and oxygen atoms in total. The van der Waals surface area contributed by atoms with E-state index in [1.54, 1.807) is 14.2 Å². The van der Waals surface area contributed by atoms with Gasteiger partial charge < -0.3 is 14.8 Å². The average Bonchev–Trinajstić information content (AvgIpc) is 2.53. The fourth-order valence-electron chi connectivity index (χ4n) is 2.00. The summed E-state index contributed by atoms with van der Waals surface area (Å²) in [5.74, 6) is 1.62. The van der Waals surface area contributed by atoms with Gasteiger partial charge in [-0.15, -0.1) is 0 Å². The van der Waals surface area contributed by atoms with Gasteiger partial charge in [-0.1, -0.05) is 12.1 Å². The summed E-state index contributed by atoms with van der Waals surface area (Å²) in [5, 5.41) is 3.44. The number of aromatic nitrogens is 1. The van der Waals surface area contributed by atoms with E-state index in [4.69, 9.17) is 9.47 Å². The molecule has 0 aliphatic carbocycles. The number of benzene rings is 1. The smallest absolute Gasteiger partial charge is 0.127 e. The Bertz CT molecular complexity index is 543. The second-order valence-corrected chi connectivity index (χ2v) is 4.53. The molecule has 1 atom stereocenters. The van der Waals surface area contributed by atoms with Gasteiger partial charge in [0.05, 0.1) is 19.9 Å². The largest absolute Gasteiger partial charge is 0.497 e. The number of nitrogens with one attached hydrogen (secondary N) is 1. The summed E-state index contributed by atoms with van der Waals surface area (Å²) in [6.07, 6.45) is 1.81. The quantitative estimate of drug-likeness (QED) is 0.878. The van der Waals surface area contributed by atoms with Crippen molar-refractivity contribution in [3.63, 3.8) is 0 Å². The second-order valence-electron chi connectivity index (χ2n) is 4.53. The highest BCUT2D eigenvalue weighted by Crippen LogP contribution is 2.25. The number of methoxy groups -OCH3 is 2. The molecule has 106 valence electrons. The maximum atomic E-state index is 5.39. The topological polar surface area (TPSA) is 43.4 Å². The maximum absolute atomic E-state index is 5.39. The summed E-state index contributed by atoms with van der Waals surface area (Å²) < 4.78 is 10.6. The van der Waals surface area contributed by atoms with Crippen LogP contribution in [-0.2, 0) is 6.54 Å². The Hall–Kier alpha value is -2.07.